The summed E-state index contributed by atoms with van der Waals surface area (Å²) in [6.07, 6.45) is 0.943. The Morgan fingerprint density at radius 1 is 0.960 bits per heavy atom. The lowest BCUT2D eigenvalue weighted by Crippen LogP contribution is -2.36. The Morgan fingerprint density at radius 2 is 1.56 bits per heavy atom. The molecular formula is C18H15Cl3N2O2. The van der Waals surface area contributed by atoms with Crippen LogP contribution in [0.15, 0.2) is 36.4 Å². The third-order valence-corrected chi connectivity index (χ3v) is 5.12. The molecule has 0 heterocycles. The predicted molar refractivity (Wildman–Crippen MR) is 102 cm³/mol. The third-order valence-electron chi connectivity index (χ3n) is 4.26. The Morgan fingerprint density at radius 3 is 2.12 bits per heavy atom. The summed E-state index contributed by atoms with van der Waals surface area (Å²) >= 11 is 18.1. The van der Waals surface area contributed by atoms with Crippen molar-refractivity contribution < 1.29 is 9.59 Å². The molecule has 0 bridgehead atoms. The Labute approximate surface area is 160 Å². The molecule has 0 atom stereocenters. The second kappa shape index (κ2) is 6.87. The van der Waals surface area contributed by atoms with Crippen LogP contribution in [0.4, 0.5) is 11.4 Å². The Bertz CT molecular complexity index is 843. The number of amides is 2. The van der Waals surface area contributed by atoms with E-state index >= 15 is 0 Å². The zero-order chi connectivity index (χ0) is 18.2. The molecule has 1 aliphatic rings. The molecule has 25 heavy (non-hydrogen) atoms. The number of anilines is 2. The minimum atomic E-state index is -1.10. The van der Waals surface area contributed by atoms with Crippen LogP contribution in [0, 0.1) is 12.3 Å². The Hall–Kier alpha value is -1.75. The van der Waals surface area contributed by atoms with Gasteiger partial charge in [-0.15, -0.1) is 0 Å². The molecule has 7 heteroatoms. The van der Waals surface area contributed by atoms with Gasteiger partial charge in [0.2, 0.25) is 11.8 Å². The zero-order valence-corrected chi connectivity index (χ0v) is 15.6. The van der Waals surface area contributed by atoms with Gasteiger partial charge in [0.05, 0.1) is 15.7 Å². The fraction of sp³-hybridized carbons (Fsp3) is 0.222. The van der Waals surface area contributed by atoms with Crippen LogP contribution in [0.2, 0.25) is 15.1 Å². The second-order valence-electron chi connectivity index (χ2n) is 6.05. The number of nitrogens with one attached hydrogen (secondary N) is 2. The summed E-state index contributed by atoms with van der Waals surface area (Å²) < 4.78 is 0. The van der Waals surface area contributed by atoms with Crippen molar-refractivity contribution in [1.82, 2.24) is 0 Å². The summed E-state index contributed by atoms with van der Waals surface area (Å²) in [4.78, 5) is 25.3. The minimum Gasteiger partial charge on any atom is -0.325 e. The van der Waals surface area contributed by atoms with Gasteiger partial charge < -0.3 is 10.6 Å². The summed E-state index contributed by atoms with van der Waals surface area (Å²) in [6.45, 7) is 1.84. The first kappa shape index (κ1) is 18.1. The lowest BCUT2D eigenvalue weighted by molar-refractivity contribution is -0.131. The van der Waals surface area contributed by atoms with Gasteiger partial charge in [-0.25, -0.2) is 0 Å². The highest BCUT2D eigenvalue weighted by Crippen LogP contribution is 2.48. The average molecular weight is 398 g/mol. The molecule has 2 aromatic rings. The second-order valence-corrected chi connectivity index (χ2v) is 7.30. The van der Waals surface area contributed by atoms with Crippen molar-refractivity contribution in [3.8, 4) is 0 Å². The summed E-state index contributed by atoms with van der Waals surface area (Å²) in [7, 11) is 0. The maximum atomic E-state index is 12.7. The number of aryl methyl sites for hydroxylation is 1. The van der Waals surface area contributed by atoms with Crippen LogP contribution in [0.1, 0.15) is 18.4 Å². The van der Waals surface area contributed by atoms with Crippen molar-refractivity contribution in [2.75, 3.05) is 10.6 Å². The molecular weight excluding hydrogens is 383 g/mol. The predicted octanol–water partition coefficient (Wildman–Crippen LogP) is 5.31. The molecule has 0 aromatic heterocycles. The Kier molecular flexibility index (Phi) is 4.96. The largest absolute Gasteiger partial charge is 0.325 e. The van der Waals surface area contributed by atoms with Gasteiger partial charge in [0, 0.05) is 10.7 Å². The van der Waals surface area contributed by atoms with Crippen LogP contribution in [0.5, 0.6) is 0 Å². The van der Waals surface area contributed by atoms with Gasteiger partial charge in [-0.1, -0.05) is 40.9 Å². The van der Waals surface area contributed by atoms with Crippen LogP contribution in [-0.4, -0.2) is 11.8 Å². The van der Waals surface area contributed by atoms with Crippen molar-refractivity contribution >= 4 is 58.0 Å². The number of halogens is 3. The van der Waals surface area contributed by atoms with E-state index in [-0.39, 0.29) is 5.91 Å². The molecule has 0 aliphatic heterocycles. The van der Waals surface area contributed by atoms with Gasteiger partial charge in [0.25, 0.3) is 0 Å². The zero-order valence-electron chi connectivity index (χ0n) is 13.3. The van der Waals surface area contributed by atoms with Crippen molar-refractivity contribution in [1.29, 1.82) is 0 Å². The number of rotatable bonds is 4. The fourth-order valence-electron chi connectivity index (χ4n) is 2.54. The molecule has 2 aromatic carbocycles. The summed E-state index contributed by atoms with van der Waals surface area (Å²) in [5, 5.41) is 6.73. The molecule has 0 saturated heterocycles. The molecule has 3 rings (SSSR count). The molecule has 2 N–H and O–H groups in total. The van der Waals surface area contributed by atoms with E-state index in [0.717, 1.165) is 5.56 Å². The molecule has 4 nitrogen and oxygen atoms in total. The topological polar surface area (TPSA) is 58.2 Å². The van der Waals surface area contributed by atoms with Gasteiger partial charge in [-0.3, -0.25) is 9.59 Å². The number of hydrogen-bond donors (Lipinski definition) is 2. The molecule has 0 radical (unpaired) electrons. The van der Waals surface area contributed by atoms with E-state index in [4.69, 9.17) is 34.8 Å². The molecule has 130 valence electrons. The van der Waals surface area contributed by atoms with Crippen LogP contribution < -0.4 is 10.6 Å². The van der Waals surface area contributed by atoms with Crippen molar-refractivity contribution in [3.63, 3.8) is 0 Å². The van der Waals surface area contributed by atoms with Gasteiger partial charge in [0.15, 0.2) is 0 Å². The van der Waals surface area contributed by atoms with Crippen molar-refractivity contribution in [3.05, 3.63) is 57.0 Å². The smallest absolute Gasteiger partial charge is 0.240 e. The number of carbonyl (C=O) groups excluding carboxylic acids is 2. The monoisotopic (exact) mass is 396 g/mol. The standard InChI is InChI=1S/C18H15Cl3N2O2/c1-10-9-11(19)5-6-14(10)22-16(24)18(7-8-18)17(25)23-15-12(20)3-2-4-13(15)21/h2-6,9H,7-8H2,1H3,(H,22,24)(H,23,25). The maximum absolute atomic E-state index is 12.7. The summed E-state index contributed by atoms with van der Waals surface area (Å²) in [6, 6.07) is 10.1. The first-order chi connectivity index (χ1) is 11.8. The van der Waals surface area contributed by atoms with E-state index in [9.17, 15) is 9.59 Å². The number of carbonyl (C=O) groups is 2. The molecule has 1 fully saturated rings. The van der Waals surface area contributed by atoms with Crippen LogP contribution >= 0.6 is 34.8 Å². The number of benzene rings is 2. The fourth-order valence-corrected chi connectivity index (χ4v) is 3.26. The van der Waals surface area contributed by atoms with Crippen LogP contribution in [-0.2, 0) is 9.59 Å². The lowest BCUT2D eigenvalue weighted by atomic mass is 10.0. The molecule has 0 unspecified atom stereocenters. The number of hydrogen-bond acceptors (Lipinski definition) is 2. The Balaban J connectivity index is 1.77. The highest BCUT2D eigenvalue weighted by molar-refractivity contribution is 6.40. The van der Waals surface area contributed by atoms with E-state index < -0.39 is 11.3 Å². The van der Waals surface area contributed by atoms with Gasteiger partial charge in [-0.2, -0.15) is 0 Å². The maximum Gasteiger partial charge on any atom is 0.240 e. The van der Waals surface area contributed by atoms with E-state index in [2.05, 4.69) is 10.6 Å². The number of para-hydroxylation sites is 1. The van der Waals surface area contributed by atoms with E-state index in [1.807, 2.05) is 6.92 Å². The van der Waals surface area contributed by atoms with E-state index in [0.29, 0.717) is 39.3 Å². The quantitative estimate of drug-likeness (QED) is 0.687. The first-order valence-corrected chi connectivity index (χ1v) is 8.80. The normalized spacial score (nSPS) is 14.7. The first-order valence-electron chi connectivity index (χ1n) is 7.66. The van der Waals surface area contributed by atoms with Crippen LogP contribution in [0.3, 0.4) is 0 Å². The highest BCUT2D eigenvalue weighted by atomic mass is 35.5. The molecule has 1 aliphatic carbocycles. The molecule has 2 amide bonds. The average Bonchev–Trinajstić information content (AvgIpc) is 3.35. The van der Waals surface area contributed by atoms with Crippen LogP contribution in [0.25, 0.3) is 0 Å². The summed E-state index contributed by atoms with van der Waals surface area (Å²) in [5.41, 5.74) is 0.669. The van der Waals surface area contributed by atoms with Gasteiger partial charge in [0.1, 0.15) is 5.41 Å². The van der Waals surface area contributed by atoms with Crippen molar-refractivity contribution in [2.45, 2.75) is 19.8 Å². The van der Waals surface area contributed by atoms with Gasteiger partial charge in [-0.05, 0) is 55.7 Å². The van der Waals surface area contributed by atoms with E-state index in [1.165, 1.54) is 0 Å². The molecule has 0 spiro atoms. The minimum absolute atomic E-state index is 0.317. The highest BCUT2D eigenvalue weighted by Gasteiger charge is 2.56. The SMILES string of the molecule is Cc1cc(Cl)ccc1NC(=O)C1(C(=O)Nc2c(Cl)cccc2Cl)CC1. The molecule has 1 saturated carbocycles. The van der Waals surface area contributed by atoms with E-state index in [1.54, 1.807) is 36.4 Å². The van der Waals surface area contributed by atoms with Gasteiger partial charge >= 0.3 is 0 Å². The summed E-state index contributed by atoms with van der Waals surface area (Å²) in [5.74, 6) is -0.759. The lowest BCUT2D eigenvalue weighted by Gasteiger charge is -2.17. The third kappa shape index (κ3) is 3.61. The van der Waals surface area contributed by atoms with Crippen molar-refractivity contribution in [2.24, 2.45) is 5.41 Å².